The largest absolute Gasteiger partial charge is 0.481 e. The van der Waals surface area contributed by atoms with Crippen molar-refractivity contribution in [2.24, 2.45) is 5.92 Å². The Labute approximate surface area is 123 Å². The molecule has 0 amide bonds. The lowest BCUT2D eigenvalue weighted by Gasteiger charge is -2.37. The highest BCUT2D eigenvalue weighted by Crippen LogP contribution is 2.39. The number of hydrogen-bond acceptors (Lipinski definition) is 4. The predicted octanol–water partition coefficient (Wildman–Crippen LogP) is 2.25. The van der Waals surface area contributed by atoms with Crippen molar-refractivity contribution in [1.29, 1.82) is 0 Å². The van der Waals surface area contributed by atoms with Gasteiger partial charge in [-0.15, -0.1) is 11.3 Å². The van der Waals surface area contributed by atoms with Gasteiger partial charge in [0.15, 0.2) is 0 Å². The minimum atomic E-state index is -4.58. The Bertz CT molecular complexity index is 647. The smallest absolute Gasteiger partial charge is 0.425 e. The molecule has 0 aromatic carbocycles. The number of aliphatic carboxylic acids is 1. The summed E-state index contributed by atoms with van der Waals surface area (Å²) in [6.07, 6.45) is -4.24. The molecular formula is C11H12F3NO4S2. The quantitative estimate of drug-likeness (QED) is 0.910. The zero-order valence-corrected chi connectivity index (χ0v) is 12.4. The van der Waals surface area contributed by atoms with E-state index < -0.39 is 43.2 Å². The molecule has 2 rings (SSSR count). The zero-order chi connectivity index (χ0) is 16.0. The first-order valence-electron chi connectivity index (χ1n) is 5.91. The second-order valence-corrected chi connectivity index (χ2v) is 8.11. The number of sulfonamides is 1. The maximum atomic E-state index is 12.5. The number of rotatable bonds is 4. The van der Waals surface area contributed by atoms with Crippen LogP contribution in [0.15, 0.2) is 16.3 Å². The second-order valence-electron chi connectivity index (χ2n) is 4.80. The monoisotopic (exact) mass is 343 g/mol. The van der Waals surface area contributed by atoms with Gasteiger partial charge in [0.1, 0.15) is 9.09 Å². The van der Waals surface area contributed by atoms with E-state index in [-0.39, 0.29) is 24.2 Å². The van der Waals surface area contributed by atoms with Crippen LogP contribution in [-0.4, -0.2) is 36.9 Å². The molecule has 0 saturated heterocycles. The minimum Gasteiger partial charge on any atom is -0.481 e. The topological polar surface area (TPSA) is 74.7 Å². The molecule has 1 aliphatic rings. The molecule has 1 fully saturated rings. The predicted molar refractivity (Wildman–Crippen MR) is 68.4 cm³/mol. The number of hydrogen-bond donors (Lipinski definition) is 1. The third-order valence-electron chi connectivity index (χ3n) is 3.47. The second kappa shape index (κ2) is 5.25. The Hall–Kier alpha value is -1.13. The molecule has 118 valence electrons. The maximum absolute atomic E-state index is 12.5. The Balaban J connectivity index is 2.15. The zero-order valence-electron chi connectivity index (χ0n) is 10.8. The third kappa shape index (κ3) is 3.06. The van der Waals surface area contributed by atoms with Crippen molar-refractivity contribution < 1.29 is 31.5 Å². The van der Waals surface area contributed by atoms with Crippen molar-refractivity contribution in [3.05, 3.63) is 17.0 Å². The van der Waals surface area contributed by atoms with Gasteiger partial charge in [0.25, 0.3) is 10.0 Å². The summed E-state index contributed by atoms with van der Waals surface area (Å²) in [5.41, 5.74) is 0. The molecule has 0 aliphatic heterocycles. The van der Waals surface area contributed by atoms with Crippen LogP contribution < -0.4 is 0 Å². The Kier molecular flexibility index (Phi) is 4.06. The summed E-state index contributed by atoms with van der Waals surface area (Å²) in [6, 6.07) is 1.16. The molecule has 0 radical (unpaired) electrons. The van der Waals surface area contributed by atoms with Crippen LogP contribution in [0.2, 0.25) is 0 Å². The van der Waals surface area contributed by atoms with Crippen molar-refractivity contribution in [2.45, 2.75) is 29.3 Å². The summed E-state index contributed by atoms with van der Waals surface area (Å²) in [6.45, 7) is 0. The number of nitrogens with zero attached hydrogens (tertiary/aromatic N) is 1. The summed E-state index contributed by atoms with van der Waals surface area (Å²) in [7, 11) is -2.77. The van der Waals surface area contributed by atoms with Gasteiger partial charge in [-0.05, 0) is 25.0 Å². The normalized spacial score (nSPS) is 23.1. The van der Waals surface area contributed by atoms with Crippen LogP contribution in [0.3, 0.4) is 0 Å². The Morgan fingerprint density at radius 3 is 2.38 bits per heavy atom. The van der Waals surface area contributed by atoms with Gasteiger partial charge in [0.2, 0.25) is 0 Å². The van der Waals surface area contributed by atoms with E-state index in [1.54, 1.807) is 0 Å². The van der Waals surface area contributed by atoms with Crippen LogP contribution in [0.5, 0.6) is 0 Å². The van der Waals surface area contributed by atoms with Crippen LogP contribution in [-0.2, 0) is 21.0 Å². The van der Waals surface area contributed by atoms with E-state index in [4.69, 9.17) is 5.11 Å². The minimum absolute atomic E-state index is 0.163. The summed E-state index contributed by atoms with van der Waals surface area (Å²) in [5, 5.41) is 8.75. The molecule has 1 saturated carbocycles. The van der Waals surface area contributed by atoms with Crippen LogP contribution in [0.1, 0.15) is 17.7 Å². The molecule has 1 N–H and O–H groups in total. The molecule has 1 aliphatic carbocycles. The lowest BCUT2D eigenvalue weighted by Crippen LogP contribution is -2.47. The van der Waals surface area contributed by atoms with Crippen molar-refractivity contribution in [2.75, 3.05) is 7.05 Å². The van der Waals surface area contributed by atoms with Gasteiger partial charge in [0, 0.05) is 13.1 Å². The molecule has 10 heteroatoms. The summed E-state index contributed by atoms with van der Waals surface area (Å²) in [5.74, 6) is -1.59. The van der Waals surface area contributed by atoms with Crippen molar-refractivity contribution in [3.8, 4) is 0 Å². The number of carboxylic acids is 1. The summed E-state index contributed by atoms with van der Waals surface area (Å²) >= 11 is 0.163. The number of halogens is 3. The maximum Gasteiger partial charge on any atom is 0.425 e. The van der Waals surface area contributed by atoms with E-state index >= 15 is 0 Å². The van der Waals surface area contributed by atoms with Crippen molar-refractivity contribution >= 4 is 27.3 Å². The van der Waals surface area contributed by atoms with Gasteiger partial charge in [-0.3, -0.25) is 4.79 Å². The summed E-state index contributed by atoms with van der Waals surface area (Å²) < 4.78 is 62.5. The molecule has 1 aromatic rings. The first-order valence-corrected chi connectivity index (χ1v) is 8.17. The molecule has 0 bridgehead atoms. The van der Waals surface area contributed by atoms with Gasteiger partial charge in [-0.1, -0.05) is 0 Å². The van der Waals surface area contributed by atoms with Gasteiger partial charge in [-0.25, -0.2) is 8.42 Å². The van der Waals surface area contributed by atoms with Gasteiger partial charge >= 0.3 is 12.1 Å². The van der Waals surface area contributed by atoms with Crippen LogP contribution in [0.4, 0.5) is 13.2 Å². The fourth-order valence-electron chi connectivity index (χ4n) is 2.04. The average molecular weight is 343 g/mol. The highest BCUT2D eigenvalue weighted by molar-refractivity contribution is 7.91. The van der Waals surface area contributed by atoms with Crippen LogP contribution >= 0.6 is 11.3 Å². The van der Waals surface area contributed by atoms with E-state index in [0.717, 1.165) is 16.4 Å². The lowest BCUT2D eigenvalue weighted by atomic mass is 9.80. The van der Waals surface area contributed by atoms with E-state index in [1.165, 1.54) is 7.05 Å². The van der Waals surface area contributed by atoms with Gasteiger partial charge < -0.3 is 5.11 Å². The highest BCUT2D eigenvalue weighted by Gasteiger charge is 2.42. The average Bonchev–Trinajstić information content (AvgIpc) is 2.75. The molecule has 21 heavy (non-hydrogen) atoms. The number of carbonyl (C=O) groups is 1. The van der Waals surface area contributed by atoms with Crippen LogP contribution in [0, 0.1) is 5.92 Å². The molecule has 5 nitrogen and oxygen atoms in total. The molecule has 0 spiro atoms. The number of carboxylic acid groups (broad SMARTS) is 1. The van der Waals surface area contributed by atoms with E-state index in [0.29, 0.717) is 0 Å². The summed E-state index contributed by atoms with van der Waals surface area (Å²) in [4.78, 5) is 9.71. The molecule has 0 atom stereocenters. The Morgan fingerprint density at radius 1 is 1.38 bits per heavy atom. The molecule has 1 aromatic heterocycles. The van der Waals surface area contributed by atoms with Crippen molar-refractivity contribution in [1.82, 2.24) is 4.31 Å². The SMILES string of the molecule is CN(C1CC(C(=O)O)C1)S(=O)(=O)c1ccc(C(F)(F)F)s1. The first-order chi connectivity index (χ1) is 9.53. The number of alkyl halides is 3. The molecule has 1 heterocycles. The van der Waals surface area contributed by atoms with E-state index in [9.17, 15) is 26.4 Å². The van der Waals surface area contributed by atoms with Crippen LogP contribution in [0.25, 0.3) is 0 Å². The highest BCUT2D eigenvalue weighted by atomic mass is 32.2. The Morgan fingerprint density at radius 2 is 1.95 bits per heavy atom. The lowest BCUT2D eigenvalue weighted by molar-refractivity contribution is -0.146. The number of thiophene rings is 1. The van der Waals surface area contributed by atoms with E-state index in [1.807, 2.05) is 0 Å². The fourth-order valence-corrected chi connectivity index (χ4v) is 4.77. The standard InChI is InChI=1S/C11H12F3NO4S2/c1-15(7-4-6(5-7)10(16)17)21(18,19)9-3-2-8(20-9)11(12,13)14/h2-3,6-7H,4-5H2,1H3,(H,16,17). The van der Waals surface area contributed by atoms with Crippen molar-refractivity contribution in [3.63, 3.8) is 0 Å². The van der Waals surface area contributed by atoms with Gasteiger partial charge in [0.05, 0.1) is 5.92 Å². The first kappa shape index (κ1) is 16.2. The molecular weight excluding hydrogens is 331 g/mol. The van der Waals surface area contributed by atoms with E-state index in [2.05, 4.69) is 0 Å². The third-order valence-corrected chi connectivity index (χ3v) is 6.98. The fraction of sp³-hybridized carbons (Fsp3) is 0.545. The molecule has 0 unspecified atom stereocenters. The van der Waals surface area contributed by atoms with Gasteiger partial charge in [-0.2, -0.15) is 17.5 Å².